The van der Waals surface area contributed by atoms with Crippen molar-refractivity contribution in [2.75, 3.05) is 13.2 Å². The van der Waals surface area contributed by atoms with E-state index in [1.165, 1.54) is 0 Å². The Hall–Kier alpha value is -3.77. The monoisotopic (exact) mass is 440 g/mol. The zero-order chi connectivity index (χ0) is 22.4. The van der Waals surface area contributed by atoms with Crippen LogP contribution in [0.1, 0.15) is 5.56 Å². The van der Waals surface area contributed by atoms with E-state index in [2.05, 4.69) is 33.2 Å². The van der Waals surface area contributed by atoms with Crippen LogP contribution in [0.4, 0.5) is 0 Å². The standard InChI is InChI=1S/C25H20N4O4/c26-11-17-10-18-24(29-25(27-18)33-20-13-32-22-19(30)12-31-23(20)22)28-21(17)16-8-6-15(7-9-16)14-4-2-1-3-5-14/h1-10,19-20,22-23,30H,12-13H2,(H,27,28,29)/t19-,20-,22-,23-/m1/s1. The van der Waals surface area contributed by atoms with Gasteiger partial charge >= 0.3 is 0 Å². The van der Waals surface area contributed by atoms with Crippen LogP contribution in [0, 0.1) is 11.3 Å². The van der Waals surface area contributed by atoms with E-state index < -0.39 is 6.10 Å². The van der Waals surface area contributed by atoms with Crippen molar-refractivity contribution in [2.24, 2.45) is 0 Å². The Morgan fingerprint density at radius 1 is 0.939 bits per heavy atom. The van der Waals surface area contributed by atoms with E-state index in [-0.39, 0.29) is 30.9 Å². The van der Waals surface area contributed by atoms with Crippen molar-refractivity contribution in [3.05, 3.63) is 66.2 Å². The van der Waals surface area contributed by atoms with Gasteiger partial charge in [-0.1, -0.05) is 54.6 Å². The largest absolute Gasteiger partial charge is 0.456 e. The molecule has 0 bridgehead atoms. The minimum Gasteiger partial charge on any atom is -0.456 e. The van der Waals surface area contributed by atoms with Crippen LogP contribution in [0.2, 0.25) is 0 Å². The van der Waals surface area contributed by atoms with E-state index in [9.17, 15) is 10.4 Å². The third-order valence-corrected chi connectivity index (χ3v) is 6.08. The van der Waals surface area contributed by atoms with E-state index >= 15 is 0 Å². The molecule has 4 heterocycles. The van der Waals surface area contributed by atoms with Crippen LogP contribution in [0.15, 0.2) is 60.7 Å². The van der Waals surface area contributed by atoms with Gasteiger partial charge in [0.15, 0.2) is 11.8 Å². The van der Waals surface area contributed by atoms with Crippen LogP contribution >= 0.6 is 0 Å². The number of aliphatic hydroxyl groups is 1. The molecule has 2 aromatic heterocycles. The molecular formula is C25H20N4O4. The van der Waals surface area contributed by atoms with Crippen molar-refractivity contribution in [3.8, 4) is 34.5 Å². The lowest BCUT2D eigenvalue weighted by Crippen LogP contribution is -2.34. The molecule has 4 aromatic rings. The zero-order valence-electron chi connectivity index (χ0n) is 17.5. The highest BCUT2D eigenvalue weighted by atomic mass is 16.6. The second-order valence-corrected chi connectivity index (χ2v) is 8.17. The second-order valence-electron chi connectivity index (χ2n) is 8.17. The Morgan fingerprint density at radius 3 is 2.45 bits per heavy atom. The van der Waals surface area contributed by atoms with E-state index in [1.54, 1.807) is 6.07 Å². The molecule has 0 amide bonds. The number of fused-ring (bicyclic) bond motifs is 2. The molecule has 2 aliphatic heterocycles. The SMILES string of the molecule is N#Cc1cc2[nH]c(O[C@@H]3CO[C@H]4[C@@H]3OC[C@H]4O)nc2nc1-c1ccc(-c2ccccc2)cc1. The smallest absolute Gasteiger partial charge is 0.296 e. The summed E-state index contributed by atoms with van der Waals surface area (Å²) in [6.07, 6.45) is -1.74. The van der Waals surface area contributed by atoms with Crippen molar-refractivity contribution in [1.29, 1.82) is 5.26 Å². The molecule has 2 fully saturated rings. The van der Waals surface area contributed by atoms with Gasteiger partial charge in [-0.2, -0.15) is 10.2 Å². The van der Waals surface area contributed by atoms with Crippen LogP contribution in [0.25, 0.3) is 33.5 Å². The number of hydrogen-bond acceptors (Lipinski definition) is 7. The summed E-state index contributed by atoms with van der Waals surface area (Å²) in [7, 11) is 0. The van der Waals surface area contributed by atoms with Gasteiger partial charge in [-0.05, 0) is 17.2 Å². The van der Waals surface area contributed by atoms with Gasteiger partial charge in [0, 0.05) is 5.56 Å². The van der Waals surface area contributed by atoms with Crippen molar-refractivity contribution >= 4 is 11.2 Å². The summed E-state index contributed by atoms with van der Waals surface area (Å²) in [4.78, 5) is 12.2. The minimum absolute atomic E-state index is 0.231. The third kappa shape index (κ3) is 3.52. The minimum atomic E-state index is -0.644. The molecule has 2 aliphatic rings. The van der Waals surface area contributed by atoms with E-state index in [1.807, 2.05) is 42.5 Å². The van der Waals surface area contributed by atoms with Crippen LogP contribution < -0.4 is 4.74 Å². The topological polar surface area (TPSA) is 113 Å². The number of rotatable bonds is 4. The molecule has 8 heteroatoms. The molecule has 0 saturated carbocycles. The summed E-state index contributed by atoms with van der Waals surface area (Å²) in [5, 5.41) is 19.6. The summed E-state index contributed by atoms with van der Waals surface area (Å²) < 4.78 is 17.2. The summed E-state index contributed by atoms with van der Waals surface area (Å²) >= 11 is 0. The number of nitrogens with zero attached hydrogens (tertiary/aromatic N) is 3. The number of ether oxygens (including phenoxy) is 3. The fourth-order valence-electron chi connectivity index (χ4n) is 4.42. The maximum Gasteiger partial charge on any atom is 0.296 e. The number of pyridine rings is 1. The fourth-order valence-corrected chi connectivity index (χ4v) is 4.42. The van der Waals surface area contributed by atoms with Gasteiger partial charge in [-0.15, -0.1) is 0 Å². The van der Waals surface area contributed by atoms with Crippen molar-refractivity contribution in [1.82, 2.24) is 15.0 Å². The normalized spacial score (nSPS) is 24.0. The molecule has 2 N–H and O–H groups in total. The zero-order valence-corrected chi connectivity index (χ0v) is 17.5. The van der Waals surface area contributed by atoms with Gasteiger partial charge < -0.3 is 24.3 Å². The molecule has 6 rings (SSSR count). The molecule has 8 nitrogen and oxygen atoms in total. The Kier molecular flexibility index (Phi) is 4.80. The summed E-state index contributed by atoms with van der Waals surface area (Å²) in [5.41, 5.74) is 5.11. The van der Waals surface area contributed by atoms with E-state index in [0.717, 1.165) is 16.7 Å². The predicted octanol–water partition coefficient (Wildman–Crippen LogP) is 3.07. The van der Waals surface area contributed by atoms with Gasteiger partial charge in [0.1, 0.15) is 24.4 Å². The Bertz CT molecular complexity index is 1350. The highest BCUT2D eigenvalue weighted by Gasteiger charge is 2.48. The highest BCUT2D eigenvalue weighted by Crippen LogP contribution is 2.31. The molecule has 4 atom stereocenters. The molecular weight excluding hydrogens is 420 g/mol. The van der Waals surface area contributed by atoms with Crippen molar-refractivity contribution in [3.63, 3.8) is 0 Å². The number of nitriles is 1. The van der Waals surface area contributed by atoms with Gasteiger partial charge in [-0.25, -0.2) is 4.98 Å². The Labute approximate surface area is 189 Å². The highest BCUT2D eigenvalue weighted by molar-refractivity contribution is 5.81. The molecule has 0 unspecified atom stereocenters. The lowest BCUT2D eigenvalue weighted by atomic mass is 10.0. The summed E-state index contributed by atoms with van der Waals surface area (Å²) in [5.74, 6) is 0. The number of imidazole rings is 1. The number of H-pyrrole nitrogens is 1. The van der Waals surface area contributed by atoms with Crippen LogP contribution in [0.3, 0.4) is 0 Å². The molecule has 33 heavy (non-hydrogen) atoms. The number of aliphatic hydroxyl groups excluding tert-OH is 1. The first-order chi connectivity index (χ1) is 16.2. The van der Waals surface area contributed by atoms with Crippen molar-refractivity contribution < 1.29 is 19.3 Å². The molecule has 0 aliphatic carbocycles. The number of hydrogen-bond donors (Lipinski definition) is 2. The van der Waals surface area contributed by atoms with E-state index in [4.69, 9.17) is 14.2 Å². The molecule has 0 spiro atoms. The molecule has 2 saturated heterocycles. The van der Waals surface area contributed by atoms with Gasteiger partial charge in [0.05, 0.1) is 30.0 Å². The summed E-state index contributed by atoms with van der Waals surface area (Å²) in [6.45, 7) is 0.536. The van der Waals surface area contributed by atoms with E-state index in [0.29, 0.717) is 29.0 Å². The summed E-state index contributed by atoms with van der Waals surface area (Å²) in [6, 6.07) is 22.3. The first kappa shape index (κ1) is 19.9. The van der Waals surface area contributed by atoms with Gasteiger partial charge in [-0.3, -0.25) is 0 Å². The predicted molar refractivity (Wildman–Crippen MR) is 119 cm³/mol. The maximum absolute atomic E-state index is 9.91. The molecule has 164 valence electrons. The maximum atomic E-state index is 9.91. The lowest BCUT2D eigenvalue weighted by molar-refractivity contribution is 0.00706. The number of aromatic amines is 1. The number of benzene rings is 2. The first-order valence-electron chi connectivity index (χ1n) is 10.7. The van der Waals surface area contributed by atoms with Crippen LogP contribution in [-0.2, 0) is 9.47 Å². The van der Waals surface area contributed by atoms with Crippen LogP contribution in [0.5, 0.6) is 6.01 Å². The van der Waals surface area contributed by atoms with Gasteiger partial charge in [0.2, 0.25) is 0 Å². The van der Waals surface area contributed by atoms with Crippen LogP contribution in [-0.4, -0.2) is 57.7 Å². The lowest BCUT2D eigenvalue weighted by Gasteiger charge is -2.15. The molecule has 0 radical (unpaired) electrons. The second kappa shape index (κ2) is 7.98. The van der Waals surface area contributed by atoms with Gasteiger partial charge in [0.25, 0.3) is 6.01 Å². The number of nitrogens with one attached hydrogen (secondary N) is 1. The van der Waals surface area contributed by atoms with Crippen molar-refractivity contribution in [2.45, 2.75) is 24.4 Å². The fraction of sp³-hybridized carbons (Fsp3) is 0.240. The molecule has 2 aromatic carbocycles. The first-order valence-corrected chi connectivity index (χ1v) is 10.7. The average Bonchev–Trinajstić information content (AvgIpc) is 3.55. The quantitative estimate of drug-likeness (QED) is 0.501. The average molecular weight is 440 g/mol. The Morgan fingerprint density at radius 2 is 1.67 bits per heavy atom. The number of aromatic nitrogens is 3. The Balaban J connectivity index is 1.29. The third-order valence-electron chi connectivity index (χ3n) is 6.08.